The van der Waals surface area contributed by atoms with Crippen molar-refractivity contribution in [3.8, 4) is 0 Å². The Morgan fingerprint density at radius 2 is 2.06 bits per heavy atom. The van der Waals surface area contributed by atoms with Crippen LogP contribution in [0.15, 0.2) is 18.2 Å². The lowest BCUT2D eigenvalue weighted by Gasteiger charge is -2.29. The maximum atomic E-state index is 4.59. The summed E-state index contributed by atoms with van der Waals surface area (Å²) in [7, 11) is 0. The molecule has 1 aromatic heterocycles. The molecule has 100 valence electrons. The number of hydrogen-bond acceptors (Lipinski definition) is 3. The maximum Gasteiger partial charge on any atom is 0.128 e. The average Bonchev–Trinajstić information content (AvgIpc) is 2.40. The fraction of sp³-hybridized carbons (Fsp3) is 0.667. The van der Waals surface area contributed by atoms with E-state index in [-0.39, 0.29) is 0 Å². The second-order valence-corrected chi connectivity index (χ2v) is 5.22. The lowest BCUT2D eigenvalue weighted by atomic mass is 9.84. The molecule has 0 saturated heterocycles. The minimum absolute atomic E-state index is 0.605. The Morgan fingerprint density at radius 1 is 1.22 bits per heavy atom. The third-order valence-corrected chi connectivity index (χ3v) is 3.82. The van der Waals surface area contributed by atoms with Gasteiger partial charge in [-0.2, -0.15) is 0 Å². The summed E-state index contributed by atoms with van der Waals surface area (Å²) in [5.41, 5.74) is 0. The lowest BCUT2D eigenvalue weighted by molar-refractivity contribution is 0.327. The second kappa shape index (κ2) is 6.62. The Labute approximate surface area is 110 Å². The van der Waals surface area contributed by atoms with Crippen LogP contribution in [0, 0.1) is 5.92 Å². The van der Waals surface area contributed by atoms with Gasteiger partial charge in [-0.1, -0.05) is 32.3 Å². The molecule has 1 saturated carbocycles. The fourth-order valence-electron chi connectivity index (χ4n) is 2.80. The molecule has 1 fully saturated rings. The SMILES string of the molecule is CCNc1cccc(NC2CCCC(CC)C2)n1. The number of anilines is 2. The standard InChI is InChI=1S/C15H25N3/c1-3-12-7-5-8-13(11-12)17-15-10-6-9-14(18-15)16-4-2/h6,9-10,12-13H,3-5,7-8,11H2,1-2H3,(H2,16,17,18). The van der Waals surface area contributed by atoms with E-state index in [9.17, 15) is 0 Å². The van der Waals surface area contributed by atoms with Crippen LogP contribution in [0.3, 0.4) is 0 Å². The van der Waals surface area contributed by atoms with E-state index >= 15 is 0 Å². The molecule has 2 N–H and O–H groups in total. The van der Waals surface area contributed by atoms with Gasteiger partial charge in [-0.3, -0.25) is 0 Å². The van der Waals surface area contributed by atoms with Gasteiger partial charge in [-0.15, -0.1) is 0 Å². The summed E-state index contributed by atoms with van der Waals surface area (Å²) in [5, 5.41) is 6.85. The number of rotatable bonds is 5. The number of nitrogens with zero attached hydrogens (tertiary/aromatic N) is 1. The zero-order valence-electron chi connectivity index (χ0n) is 11.6. The van der Waals surface area contributed by atoms with E-state index in [1.165, 1.54) is 32.1 Å². The van der Waals surface area contributed by atoms with Crippen LogP contribution in [-0.2, 0) is 0 Å². The number of pyridine rings is 1. The van der Waals surface area contributed by atoms with E-state index < -0.39 is 0 Å². The van der Waals surface area contributed by atoms with Gasteiger partial charge in [0.05, 0.1) is 0 Å². The third-order valence-electron chi connectivity index (χ3n) is 3.82. The Balaban J connectivity index is 1.93. The van der Waals surface area contributed by atoms with Gasteiger partial charge < -0.3 is 10.6 Å². The molecule has 2 rings (SSSR count). The molecule has 1 aliphatic rings. The van der Waals surface area contributed by atoms with Crippen molar-refractivity contribution in [3.63, 3.8) is 0 Å². The van der Waals surface area contributed by atoms with Gasteiger partial charge in [0.1, 0.15) is 11.6 Å². The zero-order chi connectivity index (χ0) is 12.8. The average molecular weight is 247 g/mol. The summed E-state index contributed by atoms with van der Waals surface area (Å²) in [6, 6.07) is 6.75. The molecular weight excluding hydrogens is 222 g/mol. The third kappa shape index (κ3) is 3.62. The second-order valence-electron chi connectivity index (χ2n) is 5.22. The Hall–Kier alpha value is -1.25. The van der Waals surface area contributed by atoms with Crippen molar-refractivity contribution in [2.75, 3.05) is 17.2 Å². The Kier molecular flexibility index (Phi) is 4.85. The van der Waals surface area contributed by atoms with Crippen LogP contribution in [0.1, 0.15) is 46.0 Å². The molecular formula is C15H25N3. The predicted molar refractivity (Wildman–Crippen MR) is 78.1 cm³/mol. The molecule has 2 atom stereocenters. The lowest BCUT2D eigenvalue weighted by Crippen LogP contribution is -2.27. The first kappa shape index (κ1) is 13.2. The molecule has 18 heavy (non-hydrogen) atoms. The van der Waals surface area contributed by atoms with Crippen LogP contribution in [0.4, 0.5) is 11.6 Å². The normalized spacial score (nSPS) is 23.7. The first-order chi connectivity index (χ1) is 8.81. The van der Waals surface area contributed by atoms with Gasteiger partial charge >= 0.3 is 0 Å². The summed E-state index contributed by atoms with van der Waals surface area (Å²) < 4.78 is 0. The zero-order valence-corrected chi connectivity index (χ0v) is 11.6. The van der Waals surface area contributed by atoms with Crippen LogP contribution >= 0.6 is 0 Å². The Bertz CT molecular complexity index is 365. The highest BCUT2D eigenvalue weighted by Gasteiger charge is 2.20. The summed E-state index contributed by atoms with van der Waals surface area (Å²) in [5.74, 6) is 2.87. The van der Waals surface area contributed by atoms with Crippen molar-refractivity contribution < 1.29 is 0 Å². The molecule has 1 aromatic rings. The topological polar surface area (TPSA) is 37.0 Å². The Morgan fingerprint density at radius 3 is 2.83 bits per heavy atom. The maximum absolute atomic E-state index is 4.59. The molecule has 0 aliphatic heterocycles. The largest absolute Gasteiger partial charge is 0.370 e. The highest BCUT2D eigenvalue weighted by molar-refractivity contribution is 5.45. The first-order valence-electron chi connectivity index (χ1n) is 7.29. The summed E-state index contributed by atoms with van der Waals surface area (Å²) >= 11 is 0. The van der Waals surface area contributed by atoms with Crippen LogP contribution in [0.25, 0.3) is 0 Å². The van der Waals surface area contributed by atoms with Crippen molar-refractivity contribution in [1.29, 1.82) is 0 Å². The molecule has 0 spiro atoms. The molecule has 3 nitrogen and oxygen atoms in total. The molecule has 2 unspecified atom stereocenters. The molecule has 1 aliphatic carbocycles. The van der Waals surface area contributed by atoms with Crippen molar-refractivity contribution >= 4 is 11.6 Å². The summed E-state index contributed by atoms with van der Waals surface area (Å²) in [6.45, 7) is 5.31. The van der Waals surface area contributed by atoms with Crippen molar-refractivity contribution in [1.82, 2.24) is 4.98 Å². The monoisotopic (exact) mass is 247 g/mol. The van der Waals surface area contributed by atoms with Crippen LogP contribution < -0.4 is 10.6 Å². The molecule has 0 bridgehead atoms. The molecule has 0 radical (unpaired) electrons. The quantitative estimate of drug-likeness (QED) is 0.828. The van der Waals surface area contributed by atoms with E-state index in [2.05, 4.69) is 41.6 Å². The highest BCUT2D eigenvalue weighted by Crippen LogP contribution is 2.28. The van der Waals surface area contributed by atoms with Crippen LogP contribution in [0.5, 0.6) is 0 Å². The van der Waals surface area contributed by atoms with Gasteiger partial charge in [0, 0.05) is 12.6 Å². The van der Waals surface area contributed by atoms with E-state index in [1.807, 2.05) is 6.07 Å². The number of hydrogen-bond donors (Lipinski definition) is 2. The predicted octanol–water partition coefficient (Wildman–Crippen LogP) is 3.89. The van der Waals surface area contributed by atoms with E-state index in [4.69, 9.17) is 0 Å². The fourth-order valence-corrected chi connectivity index (χ4v) is 2.80. The van der Waals surface area contributed by atoms with Crippen LogP contribution in [-0.4, -0.2) is 17.6 Å². The molecule has 1 heterocycles. The van der Waals surface area contributed by atoms with Gasteiger partial charge in [-0.05, 0) is 37.8 Å². The van der Waals surface area contributed by atoms with Crippen LogP contribution in [0.2, 0.25) is 0 Å². The minimum atomic E-state index is 0.605. The molecule has 0 amide bonds. The smallest absolute Gasteiger partial charge is 0.128 e. The van der Waals surface area contributed by atoms with Gasteiger partial charge in [-0.25, -0.2) is 4.98 Å². The van der Waals surface area contributed by atoms with Gasteiger partial charge in [0.15, 0.2) is 0 Å². The van der Waals surface area contributed by atoms with Gasteiger partial charge in [0.25, 0.3) is 0 Å². The first-order valence-corrected chi connectivity index (χ1v) is 7.29. The van der Waals surface area contributed by atoms with E-state index in [1.54, 1.807) is 0 Å². The summed E-state index contributed by atoms with van der Waals surface area (Å²) in [6.07, 6.45) is 6.64. The van der Waals surface area contributed by atoms with Crippen molar-refractivity contribution in [2.45, 2.75) is 52.0 Å². The van der Waals surface area contributed by atoms with Crippen molar-refractivity contribution in [3.05, 3.63) is 18.2 Å². The molecule has 0 aromatic carbocycles. The minimum Gasteiger partial charge on any atom is -0.370 e. The number of nitrogens with one attached hydrogen (secondary N) is 2. The highest BCUT2D eigenvalue weighted by atomic mass is 15.1. The van der Waals surface area contributed by atoms with Crippen molar-refractivity contribution in [2.24, 2.45) is 5.92 Å². The molecule has 3 heteroatoms. The van der Waals surface area contributed by atoms with E-state index in [0.717, 1.165) is 24.1 Å². The number of aromatic nitrogens is 1. The summed E-state index contributed by atoms with van der Waals surface area (Å²) in [4.78, 5) is 4.59. The van der Waals surface area contributed by atoms with Gasteiger partial charge in [0.2, 0.25) is 0 Å². The van der Waals surface area contributed by atoms with E-state index in [0.29, 0.717) is 6.04 Å².